The van der Waals surface area contributed by atoms with Crippen molar-refractivity contribution in [2.75, 3.05) is 18.8 Å². The van der Waals surface area contributed by atoms with Crippen LogP contribution < -0.4 is 15.8 Å². The molecule has 6 rings (SSSR count). The van der Waals surface area contributed by atoms with Gasteiger partial charge in [-0.05, 0) is 67.5 Å². The summed E-state index contributed by atoms with van der Waals surface area (Å²) in [5.74, 6) is 9.28. The quantitative estimate of drug-likeness (QED) is 0.264. The second kappa shape index (κ2) is 11.5. The number of nitrogens with one attached hydrogen (secondary N) is 1. The highest BCUT2D eigenvalue weighted by Crippen LogP contribution is 2.38. The molecule has 4 aromatic rings. The summed E-state index contributed by atoms with van der Waals surface area (Å²) in [6.07, 6.45) is 6.91. The van der Waals surface area contributed by atoms with Crippen molar-refractivity contribution >= 4 is 22.8 Å². The molecule has 8 heteroatoms. The minimum atomic E-state index is -0.0839. The van der Waals surface area contributed by atoms with Gasteiger partial charge < -0.3 is 25.3 Å². The number of rotatable bonds is 6. The Bertz CT molecular complexity index is 1620. The van der Waals surface area contributed by atoms with Crippen LogP contribution in [0.2, 0.25) is 0 Å². The molecular weight excluding hydrogens is 512 g/mol. The van der Waals surface area contributed by atoms with Gasteiger partial charge in [-0.15, -0.1) is 0 Å². The van der Waals surface area contributed by atoms with E-state index in [-0.39, 0.29) is 11.9 Å². The van der Waals surface area contributed by atoms with E-state index in [9.17, 15) is 4.79 Å². The molecule has 2 aromatic heterocycles. The molecule has 0 spiro atoms. The minimum absolute atomic E-state index is 0.0839. The van der Waals surface area contributed by atoms with Crippen molar-refractivity contribution in [1.29, 1.82) is 0 Å². The summed E-state index contributed by atoms with van der Waals surface area (Å²) in [6, 6.07) is 18.5. The van der Waals surface area contributed by atoms with Crippen molar-refractivity contribution in [1.82, 2.24) is 24.8 Å². The van der Waals surface area contributed by atoms with Gasteiger partial charge in [-0.2, -0.15) is 0 Å². The van der Waals surface area contributed by atoms with Gasteiger partial charge >= 0.3 is 0 Å². The molecule has 3 heterocycles. The maximum Gasteiger partial charge on any atom is 0.243 e. The molecule has 1 saturated carbocycles. The molecule has 41 heavy (non-hydrogen) atoms. The fourth-order valence-corrected chi connectivity index (χ4v) is 5.86. The molecule has 1 aliphatic heterocycles. The van der Waals surface area contributed by atoms with Crippen molar-refractivity contribution in [3.63, 3.8) is 0 Å². The zero-order chi connectivity index (χ0) is 28.3. The third kappa shape index (κ3) is 5.54. The predicted octanol–water partition coefficient (Wildman–Crippen LogP) is 4.91. The lowest BCUT2D eigenvalue weighted by molar-refractivity contribution is -0.117. The number of piperidine rings is 1. The molecule has 0 unspecified atom stereocenters. The summed E-state index contributed by atoms with van der Waals surface area (Å²) in [4.78, 5) is 23.0. The first-order valence-corrected chi connectivity index (χ1v) is 14.1. The first-order valence-electron chi connectivity index (χ1n) is 14.1. The molecule has 1 aliphatic carbocycles. The number of aromatic nitrogens is 3. The molecule has 2 aliphatic rings. The normalized spacial score (nSPS) is 19.1. The number of nitrogens with zero attached hydrogens (tertiary/aromatic N) is 4. The molecule has 2 aromatic carbocycles. The summed E-state index contributed by atoms with van der Waals surface area (Å²) in [5.41, 5.74) is 9.95. The van der Waals surface area contributed by atoms with Gasteiger partial charge in [0.2, 0.25) is 5.91 Å². The van der Waals surface area contributed by atoms with E-state index in [4.69, 9.17) is 10.5 Å². The monoisotopic (exact) mass is 546 g/mol. The van der Waals surface area contributed by atoms with Gasteiger partial charge in [-0.3, -0.25) is 4.79 Å². The number of amides is 1. The zero-order valence-electron chi connectivity index (χ0n) is 23.2. The zero-order valence-corrected chi connectivity index (χ0v) is 23.2. The van der Waals surface area contributed by atoms with Crippen LogP contribution in [-0.2, 0) is 11.8 Å². The third-order valence-corrected chi connectivity index (χ3v) is 8.20. The van der Waals surface area contributed by atoms with Crippen LogP contribution in [-0.4, -0.2) is 50.5 Å². The number of para-hydroxylation sites is 1. The molecule has 1 amide bonds. The van der Waals surface area contributed by atoms with Crippen LogP contribution in [0.4, 0.5) is 5.82 Å². The smallest absolute Gasteiger partial charge is 0.243 e. The summed E-state index contributed by atoms with van der Waals surface area (Å²) >= 11 is 0. The highest BCUT2D eigenvalue weighted by atomic mass is 16.5. The molecule has 1 saturated heterocycles. The number of fused-ring (bicyclic) bond motifs is 1. The van der Waals surface area contributed by atoms with Gasteiger partial charge in [0, 0.05) is 43.7 Å². The highest BCUT2D eigenvalue weighted by Gasteiger charge is 2.34. The number of carbonyl (C=O) groups is 1. The molecule has 0 bridgehead atoms. The number of carbonyl (C=O) groups excluding carboxylic acids is 1. The van der Waals surface area contributed by atoms with Gasteiger partial charge in [0.25, 0.3) is 0 Å². The fraction of sp³-hybridized carbons (Fsp3) is 0.303. The fourth-order valence-electron chi connectivity index (χ4n) is 5.86. The molecular formula is C33H34N6O2. The van der Waals surface area contributed by atoms with Crippen molar-refractivity contribution in [3.8, 4) is 34.5 Å². The summed E-state index contributed by atoms with van der Waals surface area (Å²) in [7, 11) is 1.98. The first-order chi connectivity index (χ1) is 20.0. The van der Waals surface area contributed by atoms with E-state index in [0.717, 1.165) is 78.1 Å². The van der Waals surface area contributed by atoms with Crippen LogP contribution in [0, 0.1) is 17.8 Å². The summed E-state index contributed by atoms with van der Waals surface area (Å²) in [5, 5.41) is 3.84. The third-order valence-electron chi connectivity index (χ3n) is 8.20. The number of benzene rings is 2. The maximum atomic E-state index is 11.6. The van der Waals surface area contributed by atoms with E-state index in [2.05, 4.69) is 38.6 Å². The van der Waals surface area contributed by atoms with Crippen LogP contribution in [0.25, 0.3) is 22.2 Å². The SMILES string of the molecule is C=CC(=O)NC1CCN(C2CC(C#Cc3c(-c4ccc(Oc5ccccc5)cc4)c4c(N)ncnc4n3C)C2)CC1. The Morgan fingerprint density at radius 1 is 1.07 bits per heavy atom. The minimum Gasteiger partial charge on any atom is -0.457 e. The van der Waals surface area contributed by atoms with E-state index >= 15 is 0 Å². The second-order valence-electron chi connectivity index (χ2n) is 10.8. The number of anilines is 1. The largest absolute Gasteiger partial charge is 0.457 e. The molecule has 3 N–H and O–H groups in total. The van der Waals surface area contributed by atoms with Gasteiger partial charge in [0.1, 0.15) is 35.0 Å². The van der Waals surface area contributed by atoms with Crippen molar-refractivity contribution in [2.45, 2.75) is 37.8 Å². The summed E-state index contributed by atoms with van der Waals surface area (Å²) < 4.78 is 8.01. The number of likely N-dealkylation sites (tertiary alicyclic amines) is 1. The molecule has 2 fully saturated rings. The lowest BCUT2D eigenvalue weighted by Gasteiger charge is -2.44. The van der Waals surface area contributed by atoms with E-state index in [1.165, 1.54) is 12.4 Å². The van der Waals surface area contributed by atoms with Gasteiger partial charge in [0.05, 0.1) is 5.39 Å². The Labute approximate surface area is 240 Å². The number of hydrogen-bond donors (Lipinski definition) is 2. The Balaban J connectivity index is 1.19. The lowest BCUT2D eigenvalue weighted by atomic mass is 9.79. The number of aryl methyl sites for hydroxylation is 1. The van der Waals surface area contributed by atoms with Gasteiger partial charge in [0.15, 0.2) is 0 Å². The average molecular weight is 547 g/mol. The Morgan fingerprint density at radius 3 is 2.49 bits per heavy atom. The average Bonchev–Trinajstić information content (AvgIpc) is 3.26. The van der Waals surface area contributed by atoms with Gasteiger partial charge in [-0.25, -0.2) is 9.97 Å². The first kappa shape index (κ1) is 26.6. The molecule has 0 radical (unpaired) electrons. The van der Waals surface area contributed by atoms with Crippen molar-refractivity contribution in [3.05, 3.63) is 79.3 Å². The van der Waals surface area contributed by atoms with E-state index in [0.29, 0.717) is 17.8 Å². The van der Waals surface area contributed by atoms with Crippen molar-refractivity contribution < 1.29 is 9.53 Å². The predicted molar refractivity (Wildman–Crippen MR) is 161 cm³/mol. The van der Waals surface area contributed by atoms with Crippen LogP contribution in [0.5, 0.6) is 11.5 Å². The Hall–Kier alpha value is -4.61. The molecule has 0 atom stereocenters. The van der Waals surface area contributed by atoms with E-state index < -0.39 is 0 Å². The standard InChI is InChI=1S/C33H34N6O2/c1-3-29(40)37-24-15-17-39(18-16-24)25-19-22(20-25)9-14-28-30(31-32(34)35-21-36-33(31)38(28)2)23-10-12-27(13-11-23)41-26-7-5-4-6-8-26/h3-8,10-13,21-22,24-25H,1,15-20H2,2H3,(H,37,40)(H2,34,35,36). The molecule has 8 nitrogen and oxygen atoms in total. The summed E-state index contributed by atoms with van der Waals surface area (Å²) in [6.45, 7) is 5.55. The highest BCUT2D eigenvalue weighted by molar-refractivity contribution is 6.03. The molecule has 208 valence electrons. The van der Waals surface area contributed by atoms with E-state index in [1.807, 2.05) is 66.2 Å². The van der Waals surface area contributed by atoms with Crippen LogP contribution >= 0.6 is 0 Å². The lowest BCUT2D eigenvalue weighted by Crippen LogP contribution is -2.51. The van der Waals surface area contributed by atoms with E-state index in [1.54, 1.807) is 0 Å². The number of nitrogens with two attached hydrogens (primary N) is 1. The Kier molecular flexibility index (Phi) is 7.45. The second-order valence-corrected chi connectivity index (χ2v) is 10.8. The maximum absolute atomic E-state index is 11.6. The van der Waals surface area contributed by atoms with Crippen molar-refractivity contribution in [2.24, 2.45) is 13.0 Å². The Morgan fingerprint density at radius 2 is 1.78 bits per heavy atom. The topological polar surface area (TPSA) is 98.3 Å². The number of hydrogen-bond acceptors (Lipinski definition) is 6. The number of ether oxygens (including phenoxy) is 1. The van der Waals surface area contributed by atoms with Crippen LogP contribution in [0.15, 0.2) is 73.6 Å². The van der Waals surface area contributed by atoms with Gasteiger partial charge in [-0.1, -0.05) is 42.8 Å². The van der Waals surface area contributed by atoms with Crippen LogP contribution in [0.3, 0.4) is 0 Å². The van der Waals surface area contributed by atoms with Crippen LogP contribution in [0.1, 0.15) is 31.4 Å². The number of nitrogen functional groups attached to an aromatic ring is 1.